The predicted molar refractivity (Wildman–Crippen MR) is 110 cm³/mol. The summed E-state index contributed by atoms with van der Waals surface area (Å²) in [5.74, 6) is 0.674. The van der Waals surface area contributed by atoms with E-state index >= 15 is 0 Å². The molecule has 2 aromatic heterocycles. The van der Waals surface area contributed by atoms with Crippen molar-refractivity contribution in [3.8, 4) is 11.3 Å². The van der Waals surface area contributed by atoms with E-state index in [1.807, 2.05) is 6.20 Å². The van der Waals surface area contributed by atoms with Gasteiger partial charge in [-0.05, 0) is 37.7 Å². The van der Waals surface area contributed by atoms with E-state index < -0.39 is 0 Å². The van der Waals surface area contributed by atoms with E-state index in [9.17, 15) is 9.59 Å². The highest BCUT2D eigenvalue weighted by atomic mass is 16.5. The fourth-order valence-electron chi connectivity index (χ4n) is 4.39. The number of carbonyl (C=O) groups is 1. The highest BCUT2D eigenvalue weighted by molar-refractivity contribution is 5.76. The van der Waals surface area contributed by atoms with Crippen LogP contribution in [0.3, 0.4) is 0 Å². The number of hydrogen-bond acceptors (Lipinski definition) is 7. The zero-order chi connectivity index (χ0) is 20.5. The minimum absolute atomic E-state index is 0.0613. The lowest BCUT2D eigenvalue weighted by Crippen LogP contribution is -2.43. The van der Waals surface area contributed by atoms with Gasteiger partial charge in [-0.15, -0.1) is 0 Å². The fraction of sp³-hybridized carbons (Fsp3) is 0.571. The summed E-state index contributed by atoms with van der Waals surface area (Å²) in [5, 5.41) is 4.56. The summed E-state index contributed by atoms with van der Waals surface area (Å²) in [6.45, 7) is 4.09. The molecule has 5 rings (SSSR count). The number of aryl methyl sites for hydroxylation is 2. The van der Waals surface area contributed by atoms with Gasteiger partial charge in [0.2, 0.25) is 11.9 Å². The largest absolute Gasteiger partial charge is 0.378 e. The van der Waals surface area contributed by atoms with Crippen molar-refractivity contribution < 1.29 is 9.53 Å². The Labute approximate surface area is 174 Å². The maximum absolute atomic E-state index is 12.6. The molecule has 2 saturated heterocycles. The first-order valence-electron chi connectivity index (χ1n) is 10.8. The molecule has 9 nitrogen and oxygen atoms in total. The van der Waals surface area contributed by atoms with Gasteiger partial charge in [0.1, 0.15) is 6.54 Å². The van der Waals surface area contributed by atoms with Crippen LogP contribution in [0.5, 0.6) is 0 Å². The Morgan fingerprint density at radius 2 is 1.87 bits per heavy atom. The van der Waals surface area contributed by atoms with Crippen molar-refractivity contribution in [3.63, 3.8) is 0 Å². The lowest BCUT2D eigenvalue weighted by atomic mass is 9.94. The lowest BCUT2D eigenvalue weighted by Gasteiger charge is -2.28. The summed E-state index contributed by atoms with van der Waals surface area (Å²) in [4.78, 5) is 38.5. The summed E-state index contributed by atoms with van der Waals surface area (Å²) >= 11 is 0. The quantitative estimate of drug-likeness (QED) is 0.733. The molecule has 0 bridgehead atoms. The maximum Gasteiger partial charge on any atom is 0.267 e. The van der Waals surface area contributed by atoms with Crippen molar-refractivity contribution in [3.05, 3.63) is 33.9 Å². The number of carbonyl (C=O) groups excluding carboxylic acids is 1. The van der Waals surface area contributed by atoms with Crippen LogP contribution >= 0.6 is 0 Å². The predicted octanol–water partition coefficient (Wildman–Crippen LogP) is 0.648. The van der Waals surface area contributed by atoms with Gasteiger partial charge in [-0.3, -0.25) is 9.59 Å². The number of anilines is 1. The molecule has 1 amide bonds. The number of morpholine rings is 1. The third-order valence-corrected chi connectivity index (χ3v) is 6.11. The Hall–Kier alpha value is -2.81. The van der Waals surface area contributed by atoms with Crippen LogP contribution in [0, 0.1) is 0 Å². The minimum atomic E-state index is -0.246. The Morgan fingerprint density at radius 1 is 1.07 bits per heavy atom. The molecule has 0 atom stereocenters. The van der Waals surface area contributed by atoms with Crippen LogP contribution in [0.1, 0.15) is 30.5 Å². The molecule has 0 aromatic carbocycles. The van der Waals surface area contributed by atoms with E-state index in [0.717, 1.165) is 54.4 Å². The smallest absolute Gasteiger partial charge is 0.267 e. The Balaban J connectivity index is 1.42. The number of ether oxygens (including phenoxy) is 1. The first-order chi connectivity index (χ1) is 14.7. The number of fused-ring (bicyclic) bond motifs is 3. The van der Waals surface area contributed by atoms with Gasteiger partial charge in [-0.2, -0.15) is 5.10 Å². The van der Waals surface area contributed by atoms with Gasteiger partial charge >= 0.3 is 0 Å². The minimum Gasteiger partial charge on any atom is -0.378 e. The number of piperidine rings is 1. The van der Waals surface area contributed by atoms with Crippen LogP contribution in [0.4, 0.5) is 5.95 Å². The molecule has 1 aliphatic carbocycles. The average molecular weight is 410 g/mol. The first kappa shape index (κ1) is 19.2. The molecular weight excluding hydrogens is 384 g/mol. The van der Waals surface area contributed by atoms with Gasteiger partial charge < -0.3 is 14.5 Å². The molecule has 0 spiro atoms. The van der Waals surface area contributed by atoms with Crippen LogP contribution < -0.4 is 10.5 Å². The van der Waals surface area contributed by atoms with Crippen molar-refractivity contribution >= 4 is 11.9 Å². The molecule has 0 radical (unpaired) electrons. The second kappa shape index (κ2) is 8.14. The summed E-state index contributed by atoms with van der Waals surface area (Å²) < 4.78 is 6.56. The number of hydrogen-bond donors (Lipinski definition) is 0. The van der Waals surface area contributed by atoms with Crippen LogP contribution in [-0.2, 0) is 28.9 Å². The van der Waals surface area contributed by atoms with Crippen molar-refractivity contribution in [1.82, 2.24) is 24.6 Å². The van der Waals surface area contributed by atoms with Gasteiger partial charge in [0, 0.05) is 44.0 Å². The average Bonchev–Trinajstić information content (AvgIpc) is 2.80. The third-order valence-electron chi connectivity index (χ3n) is 6.11. The molecular formula is C21H26N6O3. The monoisotopic (exact) mass is 410 g/mol. The standard InChI is InChI=1S/C21H26N6O3/c28-18-12-15-4-5-17-16(13-22-21(23-17)26-6-2-1-3-7-26)20(15)24-27(18)14-19(29)25-8-10-30-11-9-25/h12-13H,1-11,14H2. The zero-order valence-corrected chi connectivity index (χ0v) is 17.0. The van der Waals surface area contributed by atoms with E-state index in [1.165, 1.54) is 23.9 Å². The highest BCUT2D eigenvalue weighted by Gasteiger charge is 2.24. The third kappa shape index (κ3) is 3.69. The molecule has 0 unspecified atom stereocenters. The van der Waals surface area contributed by atoms with Crippen molar-refractivity contribution in [1.29, 1.82) is 0 Å². The summed E-state index contributed by atoms with van der Waals surface area (Å²) in [5.41, 5.74) is 3.21. The molecule has 0 saturated carbocycles. The maximum atomic E-state index is 12.6. The summed E-state index contributed by atoms with van der Waals surface area (Å²) in [6.07, 6.45) is 6.93. The van der Waals surface area contributed by atoms with Crippen LogP contribution in [-0.4, -0.2) is 69.9 Å². The zero-order valence-electron chi connectivity index (χ0n) is 17.0. The Bertz CT molecular complexity index is 1010. The Morgan fingerprint density at radius 3 is 2.67 bits per heavy atom. The molecule has 2 fully saturated rings. The highest BCUT2D eigenvalue weighted by Crippen LogP contribution is 2.30. The summed E-state index contributed by atoms with van der Waals surface area (Å²) in [7, 11) is 0. The van der Waals surface area contributed by atoms with Gasteiger partial charge in [0.05, 0.1) is 24.6 Å². The van der Waals surface area contributed by atoms with E-state index in [1.54, 1.807) is 11.0 Å². The normalized spacial score (nSPS) is 18.7. The SMILES string of the molecule is O=C(Cn1nc2c(cc1=O)CCc1nc(N3CCCCC3)ncc1-2)N1CCOCC1. The van der Waals surface area contributed by atoms with Crippen molar-refractivity contribution in [2.45, 2.75) is 38.6 Å². The molecule has 4 heterocycles. The molecule has 2 aliphatic heterocycles. The van der Waals surface area contributed by atoms with Crippen molar-refractivity contribution in [2.75, 3.05) is 44.3 Å². The van der Waals surface area contributed by atoms with Gasteiger partial charge in [-0.1, -0.05) is 0 Å². The molecule has 9 heteroatoms. The summed E-state index contributed by atoms with van der Waals surface area (Å²) in [6, 6.07) is 1.61. The fourth-order valence-corrected chi connectivity index (χ4v) is 4.39. The van der Waals surface area contributed by atoms with E-state index in [-0.39, 0.29) is 18.0 Å². The second-order valence-electron chi connectivity index (χ2n) is 8.09. The number of rotatable bonds is 3. The van der Waals surface area contributed by atoms with Crippen LogP contribution in [0.15, 0.2) is 17.1 Å². The van der Waals surface area contributed by atoms with E-state index in [4.69, 9.17) is 9.72 Å². The number of amides is 1. The number of aromatic nitrogens is 4. The molecule has 158 valence electrons. The molecule has 2 aromatic rings. The molecule has 0 N–H and O–H groups in total. The van der Waals surface area contributed by atoms with Crippen LogP contribution in [0.2, 0.25) is 0 Å². The first-order valence-corrected chi connectivity index (χ1v) is 10.8. The van der Waals surface area contributed by atoms with E-state index in [2.05, 4.69) is 15.0 Å². The van der Waals surface area contributed by atoms with Crippen molar-refractivity contribution in [2.24, 2.45) is 0 Å². The van der Waals surface area contributed by atoms with Crippen LogP contribution in [0.25, 0.3) is 11.3 Å². The van der Waals surface area contributed by atoms with Gasteiger partial charge in [0.25, 0.3) is 5.56 Å². The topological polar surface area (TPSA) is 93.4 Å². The number of nitrogens with zero attached hydrogens (tertiary/aromatic N) is 6. The molecule has 30 heavy (non-hydrogen) atoms. The Kier molecular flexibility index (Phi) is 5.20. The lowest BCUT2D eigenvalue weighted by molar-refractivity contribution is -0.136. The second-order valence-corrected chi connectivity index (χ2v) is 8.09. The van der Waals surface area contributed by atoms with Gasteiger partial charge in [0.15, 0.2) is 0 Å². The van der Waals surface area contributed by atoms with E-state index in [0.29, 0.717) is 26.3 Å². The molecule has 3 aliphatic rings. The van der Waals surface area contributed by atoms with Gasteiger partial charge in [-0.25, -0.2) is 14.6 Å².